The minimum Gasteiger partial charge on any atom is -0.384 e. The summed E-state index contributed by atoms with van der Waals surface area (Å²) in [6, 6.07) is 19.0. The van der Waals surface area contributed by atoms with Crippen molar-refractivity contribution in [2.24, 2.45) is 7.05 Å². The molecule has 2 aromatic carbocycles. The fourth-order valence-electron chi connectivity index (χ4n) is 4.46. The van der Waals surface area contributed by atoms with Gasteiger partial charge in [-0.2, -0.15) is 5.26 Å². The standard InChI is InChI=1S/C26H28N6O3/c1-29-25(34)23(24(28)32(26(29)35)17-19-8-3-2-4-9-19)22(33)18-30-12-7-13-31(15-14-30)21-11-6-5-10-20(21)16-27/h2-6,8-11H,7,12-15,17-18,28H2,1H3. The monoisotopic (exact) mass is 472 g/mol. The number of nitrogens with two attached hydrogens (primary N) is 1. The Bertz CT molecular complexity index is 1390. The Morgan fingerprint density at radius 1 is 1.00 bits per heavy atom. The van der Waals surface area contributed by atoms with Gasteiger partial charge in [-0.1, -0.05) is 42.5 Å². The molecule has 0 unspecified atom stereocenters. The van der Waals surface area contributed by atoms with Crippen molar-refractivity contribution in [3.05, 3.63) is 92.1 Å². The molecular weight excluding hydrogens is 444 g/mol. The number of nitrogen functional groups attached to an aromatic ring is 1. The number of benzene rings is 2. The highest BCUT2D eigenvalue weighted by atomic mass is 16.2. The van der Waals surface area contributed by atoms with E-state index in [0.29, 0.717) is 25.2 Å². The van der Waals surface area contributed by atoms with Gasteiger partial charge < -0.3 is 10.6 Å². The van der Waals surface area contributed by atoms with Crippen LogP contribution in [0.3, 0.4) is 0 Å². The van der Waals surface area contributed by atoms with Crippen molar-refractivity contribution in [3.63, 3.8) is 0 Å². The molecule has 0 amide bonds. The molecule has 0 saturated carbocycles. The maximum Gasteiger partial charge on any atom is 0.332 e. The Morgan fingerprint density at radius 2 is 1.71 bits per heavy atom. The molecule has 3 aromatic rings. The first-order valence-corrected chi connectivity index (χ1v) is 11.5. The molecule has 180 valence electrons. The fraction of sp³-hybridized carbons (Fsp3) is 0.308. The second-order valence-electron chi connectivity index (χ2n) is 8.65. The summed E-state index contributed by atoms with van der Waals surface area (Å²) in [7, 11) is 1.36. The van der Waals surface area contributed by atoms with E-state index in [9.17, 15) is 19.6 Å². The average molecular weight is 473 g/mol. The average Bonchev–Trinajstić information content (AvgIpc) is 3.11. The number of anilines is 2. The number of ketones is 1. The summed E-state index contributed by atoms with van der Waals surface area (Å²) in [6.07, 6.45) is 0.800. The molecule has 1 aromatic heterocycles. The Balaban J connectivity index is 1.54. The van der Waals surface area contributed by atoms with Crippen molar-refractivity contribution in [3.8, 4) is 6.07 Å². The highest BCUT2D eigenvalue weighted by molar-refractivity contribution is 6.01. The van der Waals surface area contributed by atoms with E-state index in [1.165, 1.54) is 11.6 Å². The van der Waals surface area contributed by atoms with Gasteiger partial charge in [0.2, 0.25) is 0 Å². The van der Waals surface area contributed by atoms with Crippen molar-refractivity contribution in [1.82, 2.24) is 14.0 Å². The number of Topliss-reactive ketones (excluding diaryl/α,β-unsaturated/α-hetero) is 1. The van der Waals surface area contributed by atoms with Crippen LogP contribution in [-0.2, 0) is 13.6 Å². The molecule has 35 heavy (non-hydrogen) atoms. The molecule has 1 aliphatic heterocycles. The van der Waals surface area contributed by atoms with Crippen LogP contribution in [0.25, 0.3) is 0 Å². The molecular formula is C26H28N6O3. The Hall–Kier alpha value is -4.16. The zero-order valence-electron chi connectivity index (χ0n) is 19.7. The molecule has 2 heterocycles. The van der Waals surface area contributed by atoms with Crippen molar-refractivity contribution in [2.75, 3.05) is 43.4 Å². The molecule has 1 aliphatic rings. The summed E-state index contributed by atoms with van der Waals surface area (Å²) in [5.74, 6) is -0.512. The van der Waals surface area contributed by atoms with Crippen LogP contribution in [0.1, 0.15) is 27.9 Å². The number of para-hydroxylation sites is 1. The fourth-order valence-corrected chi connectivity index (χ4v) is 4.46. The third-order valence-electron chi connectivity index (χ3n) is 6.37. The van der Waals surface area contributed by atoms with Gasteiger partial charge in [-0.25, -0.2) is 4.79 Å². The second-order valence-corrected chi connectivity index (χ2v) is 8.65. The van der Waals surface area contributed by atoms with E-state index >= 15 is 0 Å². The predicted molar refractivity (Wildman–Crippen MR) is 135 cm³/mol. The molecule has 9 nitrogen and oxygen atoms in total. The molecule has 0 spiro atoms. The van der Waals surface area contributed by atoms with Gasteiger partial charge in [0.15, 0.2) is 5.78 Å². The van der Waals surface area contributed by atoms with E-state index in [1.54, 1.807) is 6.07 Å². The lowest BCUT2D eigenvalue weighted by Crippen LogP contribution is -2.44. The maximum atomic E-state index is 13.3. The van der Waals surface area contributed by atoms with E-state index in [2.05, 4.69) is 11.0 Å². The number of nitrogens with zero attached hydrogens (tertiary/aromatic N) is 5. The van der Waals surface area contributed by atoms with Gasteiger partial charge in [0, 0.05) is 33.2 Å². The summed E-state index contributed by atoms with van der Waals surface area (Å²) in [4.78, 5) is 43.0. The summed E-state index contributed by atoms with van der Waals surface area (Å²) < 4.78 is 2.21. The van der Waals surface area contributed by atoms with Crippen molar-refractivity contribution in [1.29, 1.82) is 5.26 Å². The molecule has 9 heteroatoms. The van der Waals surface area contributed by atoms with Crippen LogP contribution in [0, 0.1) is 11.3 Å². The molecule has 2 N–H and O–H groups in total. The van der Waals surface area contributed by atoms with Crippen molar-refractivity contribution >= 4 is 17.3 Å². The van der Waals surface area contributed by atoms with E-state index in [-0.39, 0.29) is 24.5 Å². The van der Waals surface area contributed by atoms with Crippen LogP contribution in [-0.4, -0.2) is 52.5 Å². The molecule has 4 rings (SSSR count). The lowest BCUT2D eigenvalue weighted by molar-refractivity contribution is 0.0933. The van der Waals surface area contributed by atoms with Crippen LogP contribution < -0.4 is 21.9 Å². The number of hydrogen-bond donors (Lipinski definition) is 1. The molecule has 0 bridgehead atoms. The maximum absolute atomic E-state index is 13.3. The van der Waals surface area contributed by atoms with E-state index in [1.807, 2.05) is 53.4 Å². The number of carbonyl (C=O) groups is 1. The minimum atomic E-state index is -0.679. The number of carbonyl (C=O) groups excluding carboxylic acids is 1. The van der Waals surface area contributed by atoms with Gasteiger partial charge in [0.05, 0.1) is 24.3 Å². The summed E-state index contributed by atoms with van der Waals surface area (Å²) in [5, 5.41) is 9.43. The first kappa shape index (κ1) is 24.0. The Morgan fingerprint density at radius 3 is 2.46 bits per heavy atom. The normalized spacial score (nSPS) is 14.3. The number of aromatic nitrogens is 2. The van der Waals surface area contributed by atoms with Crippen LogP contribution >= 0.6 is 0 Å². The Labute approximate surface area is 203 Å². The highest BCUT2D eigenvalue weighted by Gasteiger charge is 2.25. The second kappa shape index (κ2) is 10.4. The third-order valence-corrected chi connectivity index (χ3v) is 6.37. The van der Waals surface area contributed by atoms with Crippen LogP contribution in [0.5, 0.6) is 0 Å². The van der Waals surface area contributed by atoms with Gasteiger partial charge in [0.1, 0.15) is 17.5 Å². The molecule has 0 aliphatic carbocycles. The molecule has 0 atom stereocenters. The van der Waals surface area contributed by atoms with E-state index in [0.717, 1.165) is 28.8 Å². The zero-order valence-corrected chi connectivity index (χ0v) is 19.7. The first-order valence-electron chi connectivity index (χ1n) is 11.5. The smallest absolute Gasteiger partial charge is 0.332 e. The van der Waals surface area contributed by atoms with Gasteiger partial charge in [-0.3, -0.25) is 23.6 Å². The number of hydrogen-bond acceptors (Lipinski definition) is 7. The third kappa shape index (κ3) is 5.03. The van der Waals surface area contributed by atoms with Crippen molar-refractivity contribution < 1.29 is 4.79 Å². The van der Waals surface area contributed by atoms with E-state index < -0.39 is 17.0 Å². The van der Waals surface area contributed by atoms with Crippen LogP contribution in [0.15, 0.2) is 64.2 Å². The Kier molecular flexibility index (Phi) is 7.13. The van der Waals surface area contributed by atoms with Crippen LogP contribution in [0.2, 0.25) is 0 Å². The molecule has 0 radical (unpaired) electrons. The molecule has 1 saturated heterocycles. The summed E-state index contributed by atoms with van der Waals surface area (Å²) in [5.41, 5.74) is 7.19. The predicted octanol–water partition coefficient (Wildman–Crippen LogP) is 1.44. The first-order chi connectivity index (χ1) is 16.9. The molecule has 1 fully saturated rings. The number of rotatable bonds is 6. The quantitative estimate of drug-likeness (QED) is 0.540. The minimum absolute atomic E-state index is 0.0245. The van der Waals surface area contributed by atoms with Gasteiger partial charge in [0.25, 0.3) is 5.56 Å². The van der Waals surface area contributed by atoms with Gasteiger partial charge >= 0.3 is 5.69 Å². The number of nitriles is 1. The lowest BCUT2D eigenvalue weighted by atomic mass is 10.1. The zero-order chi connectivity index (χ0) is 24.9. The largest absolute Gasteiger partial charge is 0.384 e. The summed E-state index contributed by atoms with van der Waals surface area (Å²) >= 11 is 0. The van der Waals surface area contributed by atoms with Gasteiger partial charge in [-0.15, -0.1) is 0 Å². The van der Waals surface area contributed by atoms with Gasteiger partial charge in [-0.05, 0) is 24.1 Å². The SMILES string of the molecule is Cn1c(=O)c(C(=O)CN2CCCN(c3ccccc3C#N)CC2)c(N)n(Cc2ccccc2)c1=O. The van der Waals surface area contributed by atoms with E-state index in [4.69, 9.17) is 5.73 Å². The topological polar surface area (TPSA) is 117 Å². The highest BCUT2D eigenvalue weighted by Crippen LogP contribution is 2.21. The lowest BCUT2D eigenvalue weighted by Gasteiger charge is -2.24. The van der Waals surface area contributed by atoms with Crippen molar-refractivity contribution in [2.45, 2.75) is 13.0 Å². The summed E-state index contributed by atoms with van der Waals surface area (Å²) in [6.45, 7) is 2.85. The van der Waals surface area contributed by atoms with Crippen LogP contribution in [0.4, 0.5) is 11.5 Å².